The molecule has 2 N–H and O–H groups in total. The number of sulfonamides is 1. The second-order valence-electron chi connectivity index (χ2n) is 4.14. The molecular formula is C12H14FN3O2S. The van der Waals surface area contributed by atoms with Gasteiger partial charge in [-0.1, -0.05) is 6.92 Å². The number of anilines is 1. The van der Waals surface area contributed by atoms with Crippen molar-refractivity contribution in [3.8, 4) is 0 Å². The molecule has 0 spiro atoms. The maximum absolute atomic E-state index is 13.0. The second kappa shape index (κ2) is 5.00. The highest BCUT2D eigenvalue weighted by molar-refractivity contribution is 7.92. The van der Waals surface area contributed by atoms with Crippen LogP contribution < -0.4 is 4.72 Å². The minimum Gasteiger partial charge on any atom is -0.263 e. The molecule has 1 heterocycles. The van der Waals surface area contributed by atoms with Crippen LogP contribution in [0.4, 0.5) is 10.2 Å². The van der Waals surface area contributed by atoms with Gasteiger partial charge in [0.15, 0.2) is 0 Å². The lowest BCUT2D eigenvalue weighted by Gasteiger charge is -2.10. The van der Waals surface area contributed by atoms with E-state index in [0.29, 0.717) is 17.8 Å². The predicted molar refractivity (Wildman–Crippen MR) is 69.9 cm³/mol. The number of nitrogens with zero attached hydrogens (tertiary/aromatic N) is 1. The summed E-state index contributed by atoms with van der Waals surface area (Å²) in [7, 11) is -3.75. The Kier molecular flexibility index (Phi) is 3.57. The zero-order valence-corrected chi connectivity index (χ0v) is 11.4. The highest BCUT2D eigenvalue weighted by atomic mass is 32.2. The van der Waals surface area contributed by atoms with Crippen LogP contribution in [-0.2, 0) is 16.4 Å². The van der Waals surface area contributed by atoms with Gasteiger partial charge in [-0.2, -0.15) is 5.10 Å². The van der Waals surface area contributed by atoms with E-state index < -0.39 is 15.8 Å². The van der Waals surface area contributed by atoms with E-state index >= 15 is 0 Å². The van der Waals surface area contributed by atoms with Gasteiger partial charge in [-0.3, -0.25) is 9.82 Å². The Labute approximate surface area is 110 Å². The van der Waals surface area contributed by atoms with Crippen molar-refractivity contribution in [3.05, 3.63) is 41.3 Å². The molecule has 0 atom stereocenters. The zero-order valence-electron chi connectivity index (χ0n) is 10.6. The zero-order chi connectivity index (χ0) is 14.0. The summed E-state index contributed by atoms with van der Waals surface area (Å²) in [6.07, 6.45) is 2.21. The third-order valence-electron chi connectivity index (χ3n) is 2.76. The molecular weight excluding hydrogens is 269 g/mol. The Bertz CT molecular complexity index is 695. The summed E-state index contributed by atoms with van der Waals surface area (Å²) < 4.78 is 39.9. The first-order valence-electron chi connectivity index (χ1n) is 5.75. The van der Waals surface area contributed by atoms with Gasteiger partial charge in [0.2, 0.25) is 0 Å². The van der Waals surface area contributed by atoms with Crippen LogP contribution in [0.25, 0.3) is 0 Å². The Morgan fingerprint density at radius 1 is 1.42 bits per heavy atom. The quantitative estimate of drug-likeness (QED) is 0.903. The number of hydrogen-bond donors (Lipinski definition) is 2. The molecule has 0 saturated carbocycles. The average molecular weight is 283 g/mol. The van der Waals surface area contributed by atoms with Crippen LogP contribution in [0.3, 0.4) is 0 Å². The van der Waals surface area contributed by atoms with E-state index in [2.05, 4.69) is 14.9 Å². The Balaban J connectivity index is 2.38. The standard InChI is InChI=1S/C12H14FN3O2S/c1-3-9-7-14-15-12(9)16-19(17,18)11-5-4-10(13)6-8(11)2/h4-7H,3H2,1-2H3,(H2,14,15,16). The largest absolute Gasteiger partial charge is 0.263 e. The second-order valence-corrected chi connectivity index (χ2v) is 5.79. The molecule has 0 saturated heterocycles. The van der Waals surface area contributed by atoms with Gasteiger partial charge in [-0.15, -0.1) is 0 Å². The summed E-state index contributed by atoms with van der Waals surface area (Å²) in [6.45, 7) is 3.44. The number of rotatable bonds is 4. The number of nitrogens with one attached hydrogen (secondary N) is 2. The van der Waals surface area contributed by atoms with E-state index in [-0.39, 0.29) is 4.90 Å². The van der Waals surface area contributed by atoms with Crippen LogP contribution in [0.5, 0.6) is 0 Å². The smallest absolute Gasteiger partial charge is 0.263 e. The highest BCUT2D eigenvalue weighted by Gasteiger charge is 2.19. The van der Waals surface area contributed by atoms with E-state index in [0.717, 1.165) is 11.6 Å². The molecule has 1 aromatic carbocycles. The van der Waals surface area contributed by atoms with Crippen LogP contribution in [0, 0.1) is 12.7 Å². The summed E-state index contributed by atoms with van der Waals surface area (Å²) in [4.78, 5) is 0.0468. The summed E-state index contributed by atoms with van der Waals surface area (Å²) in [6, 6.07) is 3.55. The fourth-order valence-electron chi connectivity index (χ4n) is 1.77. The first-order chi connectivity index (χ1) is 8.94. The summed E-state index contributed by atoms with van der Waals surface area (Å²) in [5.74, 6) is -0.126. The molecule has 102 valence electrons. The van der Waals surface area contributed by atoms with Crippen molar-refractivity contribution >= 4 is 15.8 Å². The van der Waals surface area contributed by atoms with Crippen molar-refractivity contribution in [3.63, 3.8) is 0 Å². The molecule has 5 nitrogen and oxygen atoms in total. The maximum atomic E-state index is 13.0. The molecule has 1 aromatic heterocycles. The molecule has 19 heavy (non-hydrogen) atoms. The molecule has 2 aromatic rings. The molecule has 0 fully saturated rings. The minimum absolute atomic E-state index is 0.0468. The van der Waals surface area contributed by atoms with E-state index in [1.54, 1.807) is 13.1 Å². The lowest BCUT2D eigenvalue weighted by molar-refractivity contribution is 0.598. The number of benzene rings is 1. The first kappa shape index (κ1) is 13.5. The molecule has 0 amide bonds. The van der Waals surface area contributed by atoms with E-state index in [4.69, 9.17) is 0 Å². The van der Waals surface area contributed by atoms with Crippen molar-refractivity contribution < 1.29 is 12.8 Å². The SMILES string of the molecule is CCc1cn[nH]c1NS(=O)(=O)c1ccc(F)cc1C. The normalized spacial score (nSPS) is 11.5. The van der Waals surface area contributed by atoms with Crippen LogP contribution in [0.1, 0.15) is 18.1 Å². The average Bonchev–Trinajstić information content (AvgIpc) is 2.74. The summed E-state index contributed by atoms with van der Waals surface area (Å²) in [5, 5.41) is 6.39. The number of halogens is 1. The van der Waals surface area contributed by atoms with Crippen molar-refractivity contribution in [2.75, 3.05) is 4.72 Å². The summed E-state index contributed by atoms with van der Waals surface area (Å²) >= 11 is 0. The lowest BCUT2D eigenvalue weighted by Crippen LogP contribution is -2.15. The van der Waals surface area contributed by atoms with Crippen molar-refractivity contribution in [1.29, 1.82) is 0 Å². The van der Waals surface area contributed by atoms with E-state index in [1.807, 2.05) is 6.92 Å². The molecule has 0 aliphatic heterocycles. The van der Waals surface area contributed by atoms with Gasteiger partial charge < -0.3 is 0 Å². The predicted octanol–water partition coefficient (Wildman–Crippen LogP) is 2.22. The molecule has 0 aliphatic rings. The highest BCUT2D eigenvalue weighted by Crippen LogP contribution is 2.21. The molecule has 7 heteroatoms. The van der Waals surface area contributed by atoms with Crippen molar-refractivity contribution in [2.24, 2.45) is 0 Å². The monoisotopic (exact) mass is 283 g/mol. The lowest BCUT2D eigenvalue weighted by atomic mass is 10.2. The number of hydrogen-bond acceptors (Lipinski definition) is 3. The van der Waals surface area contributed by atoms with E-state index in [1.165, 1.54) is 12.1 Å². The number of aryl methyl sites for hydroxylation is 2. The Hall–Kier alpha value is -1.89. The van der Waals surface area contributed by atoms with Gasteiger partial charge >= 0.3 is 0 Å². The van der Waals surface area contributed by atoms with Crippen molar-refractivity contribution in [1.82, 2.24) is 10.2 Å². The van der Waals surface area contributed by atoms with Crippen LogP contribution in [0.15, 0.2) is 29.3 Å². The Morgan fingerprint density at radius 2 is 2.16 bits per heavy atom. The molecule has 0 unspecified atom stereocenters. The fraction of sp³-hybridized carbons (Fsp3) is 0.250. The van der Waals surface area contributed by atoms with Gasteiger partial charge in [0.25, 0.3) is 10.0 Å². The minimum atomic E-state index is -3.75. The molecule has 0 bridgehead atoms. The topological polar surface area (TPSA) is 74.8 Å². The third-order valence-corrected chi connectivity index (χ3v) is 4.27. The molecule has 2 rings (SSSR count). The fourth-order valence-corrected chi connectivity index (χ4v) is 3.06. The maximum Gasteiger partial charge on any atom is 0.263 e. The van der Waals surface area contributed by atoms with Crippen LogP contribution in [-0.4, -0.2) is 18.6 Å². The van der Waals surface area contributed by atoms with Gasteiger partial charge in [-0.05, 0) is 37.1 Å². The van der Waals surface area contributed by atoms with Crippen LogP contribution >= 0.6 is 0 Å². The van der Waals surface area contributed by atoms with E-state index in [9.17, 15) is 12.8 Å². The summed E-state index contributed by atoms with van der Waals surface area (Å²) in [5.41, 5.74) is 1.12. The number of aromatic nitrogens is 2. The van der Waals surface area contributed by atoms with Gasteiger partial charge in [0, 0.05) is 5.56 Å². The number of aromatic amines is 1. The third kappa shape index (κ3) is 2.76. The Morgan fingerprint density at radius 3 is 2.79 bits per heavy atom. The molecule has 0 radical (unpaired) electrons. The van der Waals surface area contributed by atoms with Crippen molar-refractivity contribution in [2.45, 2.75) is 25.2 Å². The van der Waals surface area contributed by atoms with Gasteiger partial charge in [-0.25, -0.2) is 12.8 Å². The van der Waals surface area contributed by atoms with Crippen LogP contribution in [0.2, 0.25) is 0 Å². The molecule has 0 aliphatic carbocycles. The van der Waals surface area contributed by atoms with Gasteiger partial charge in [0.05, 0.1) is 11.1 Å². The van der Waals surface area contributed by atoms with Gasteiger partial charge in [0.1, 0.15) is 11.6 Å². The first-order valence-corrected chi connectivity index (χ1v) is 7.23. The number of H-pyrrole nitrogens is 1.